The van der Waals surface area contributed by atoms with Crippen molar-refractivity contribution in [1.82, 2.24) is 5.32 Å². The zero-order valence-corrected chi connectivity index (χ0v) is 12.0. The second kappa shape index (κ2) is 6.97. The lowest BCUT2D eigenvalue weighted by molar-refractivity contribution is -0.141. The van der Waals surface area contributed by atoms with E-state index in [-0.39, 0.29) is 18.0 Å². The standard InChI is InChI=1S/C15H20N2O4/c1-2-21-13-7-5-11(6-8-13)16-15(20)17-12-4-3-10(9-12)14(18)19/h5-8,10,12H,2-4,9H2,1H3,(H,18,19)(H2,16,17,20). The highest BCUT2D eigenvalue weighted by Gasteiger charge is 2.30. The third-order valence-corrected chi connectivity index (χ3v) is 3.54. The second-order valence-corrected chi connectivity index (χ2v) is 5.10. The van der Waals surface area contributed by atoms with Crippen LogP contribution in [0.15, 0.2) is 24.3 Å². The Labute approximate surface area is 123 Å². The third-order valence-electron chi connectivity index (χ3n) is 3.54. The summed E-state index contributed by atoms with van der Waals surface area (Å²) in [7, 11) is 0. The lowest BCUT2D eigenvalue weighted by Gasteiger charge is -2.13. The SMILES string of the molecule is CCOc1ccc(NC(=O)NC2CCC(C(=O)O)C2)cc1. The van der Waals surface area contributed by atoms with Crippen LogP contribution in [0.25, 0.3) is 0 Å². The maximum atomic E-state index is 11.9. The number of nitrogens with one attached hydrogen (secondary N) is 2. The molecule has 2 atom stereocenters. The van der Waals surface area contributed by atoms with Crippen LogP contribution in [0.5, 0.6) is 5.75 Å². The summed E-state index contributed by atoms with van der Waals surface area (Å²) < 4.78 is 5.32. The molecule has 2 amide bonds. The van der Waals surface area contributed by atoms with Gasteiger partial charge < -0.3 is 20.5 Å². The number of benzene rings is 1. The monoisotopic (exact) mass is 292 g/mol. The highest BCUT2D eigenvalue weighted by molar-refractivity contribution is 5.89. The number of ether oxygens (including phenoxy) is 1. The molecule has 0 aromatic heterocycles. The maximum Gasteiger partial charge on any atom is 0.319 e. The van der Waals surface area contributed by atoms with Gasteiger partial charge in [0.1, 0.15) is 5.75 Å². The Morgan fingerprint density at radius 1 is 1.29 bits per heavy atom. The van der Waals surface area contributed by atoms with E-state index in [1.807, 2.05) is 6.92 Å². The van der Waals surface area contributed by atoms with Crippen LogP contribution in [0.2, 0.25) is 0 Å². The number of carboxylic acids is 1. The summed E-state index contributed by atoms with van der Waals surface area (Å²) >= 11 is 0. The normalized spacial score (nSPS) is 20.8. The summed E-state index contributed by atoms with van der Waals surface area (Å²) in [5.41, 5.74) is 0.670. The van der Waals surface area contributed by atoms with Gasteiger partial charge in [0.25, 0.3) is 0 Å². The summed E-state index contributed by atoms with van der Waals surface area (Å²) in [5, 5.41) is 14.5. The highest BCUT2D eigenvalue weighted by atomic mass is 16.5. The summed E-state index contributed by atoms with van der Waals surface area (Å²) in [4.78, 5) is 22.7. The van der Waals surface area contributed by atoms with Gasteiger partial charge in [0.2, 0.25) is 0 Å². The van der Waals surface area contributed by atoms with E-state index in [0.29, 0.717) is 31.6 Å². The molecule has 114 valence electrons. The van der Waals surface area contributed by atoms with E-state index in [0.717, 1.165) is 5.75 Å². The van der Waals surface area contributed by atoms with Gasteiger partial charge in [-0.1, -0.05) is 0 Å². The number of rotatable bonds is 5. The first-order chi connectivity index (χ1) is 10.1. The van der Waals surface area contributed by atoms with Gasteiger partial charge in [0.15, 0.2) is 0 Å². The van der Waals surface area contributed by atoms with Crippen molar-refractivity contribution in [2.75, 3.05) is 11.9 Å². The van der Waals surface area contributed by atoms with Crippen LogP contribution in [0.3, 0.4) is 0 Å². The lowest BCUT2D eigenvalue weighted by atomic mass is 10.1. The Balaban J connectivity index is 1.80. The molecular formula is C15H20N2O4. The minimum absolute atomic E-state index is 0.0752. The lowest BCUT2D eigenvalue weighted by Crippen LogP contribution is -2.36. The Kier molecular flexibility index (Phi) is 5.03. The van der Waals surface area contributed by atoms with Crippen molar-refractivity contribution in [2.24, 2.45) is 5.92 Å². The Bertz CT molecular complexity index is 501. The van der Waals surface area contributed by atoms with E-state index in [2.05, 4.69) is 10.6 Å². The van der Waals surface area contributed by atoms with E-state index in [1.54, 1.807) is 24.3 Å². The van der Waals surface area contributed by atoms with Gasteiger partial charge in [-0.05, 0) is 50.5 Å². The fourth-order valence-electron chi connectivity index (χ4n) is 2.49. The number of urea groups is 1. The fourth-order valence-corrected chi connectivity index (χ4v) is 2.49. The minimum atomic E-state index is -0.786. The second-order valence-electron chi connectivity index (χ2n) is 5.10. The van der Waals surface area contributed by atoms with Crippen molar-refractivity contribution < 1.29 is 19.4 Å². The fraction of sp³-hybridized carbons (Fsp3) is 0.467. The molecule has 1 aromatic rings. The average molecular weight is 292 g/mol. The average Bonchev–Trinajstić information content (AvgIpc) is 2.90. The molecule has 21 heavy (non-hydrogen) atoms. The molecule has 1 fully saturated rings. The van der Waals surface area contributed by atoms with Crippen LogP contribution in [-0.2, 0) is 4.79 Å². The molecule has 0 aliphatic heterocycles. The molecule has 0 bridgehead atoms. The van der Waals surface area contributed by atoms with E-state index in [9.17, 15) is 9.59 Å². The molecule has 2 unspecified atom stereocenters. The van der Waals surface area contributed by atoms with Crippen molar-refractivity contribution in [3.05, 3.63) is 24.3 Å². The van der Waals surface area contributed by atoms with Gasteiger partial charge in [-0.15, -0.1) is 0 Å². The first-order valence-corrected chi connectivity index (χ1v) is 7.11. The molecule has 2 rings (SSSR count). The van der Waals surface area contributed by atoms with Crippen LogP contribution < -0.4 is 15.4 Å². The molecule has 6 heteroatoms. The van der Waals surface area contributed by atoms with Crippen LogP contribution in [0.1, 0.15) is 26.2 Å². The number of carboxylic acid groups (broad SMARTS) is 1. The molecule has 0 spiro atoms. The minimum Gasteiger partial charge on any atom is -0.494 e. The number of carbonyl (C=O) groups excluding carboxylic acids is 1. The quantitative estimate of drug-likeness (QED) is 0.778. The number of amides is 2. The number of hydrogen-bond donors (Lipinski definition) is 3. The molecule has 0 saturated heterocycles. The molecule has 0 heterocycles. The van der Waals surface area contributed by atoms with Crippen molar-refractivity contribution in [3.63, 3.8) is 0 Å². The largest absolute Gasteiger partial charge is 0.494 e. The zero-order valence-electron chi connectivity index (χ0n) is 12.0. The first kappa shape index (κ1) is 15.2. The van der Waals surface area contributed by atoms with Gasteiger partial charge >= 0.3 is 12.0 Å². The topological polar surface area (TPSA) is 87.7 Å². The Morgan fingerprint density at radius 2 is 2.00 bits per heavy atom. The molecule has 1 aromatic carbocycles. The van der Waals surface area contributed by atoms with E-state index in [4.69, 9.17) is 9.84 Å². The molecule has 1 saturated carbocycles. The smallest absolute Gasteiger partial charge is 0.319 e. The van der Waals surface area contributed by atoms with Crippen LogP contribution in [0, 0.1) is 5.92 Å². The van der Waals surface area contributed by atoms with Crippen LogP contribution >= 0.6 is 0 Å². The van der Waals surface area contributed by atoms with Gasteiger partial charge in [0, 0.05) is 11.7 Å². The Morgan fingerprint density at radius 3 is 2.57 bits per heavy atom. The van der Waals surface area contributed by atoms with Gasteiger partial charge in [-0.25, -0.2) is 4.79 Å². The highest BCUT2D eigenvalue weighted by Crippen LogP contribution is 2.25. The van der Waals surface area contributed by atoms with E-state index in [1.165, 1.54) is 0 Å². The molecule has 6 nitrogen and oxygen atoms in total. The predicted octanol–water partition coefficient (Wildman–Crippen LogP) is 2.46. The maximum absolute atomic E-state index is 11.9. The number of hydrogen-bond acceptors (Lipinski definition) is 3. The number of carbonyl (C=O) groups is 2. The van der Waals surface area contributed by atoms with Gasteiger partial charge in [-0.2, -0.15) is 0 Å². The van der Waals surface area contributed by atoms with E-state index >= 15 is 0 Å². The summed E-state index contributed by atoms with van der Waals surface area (Å²) in [6.07, 6.45) is 1.81. The summed E-state index contributed by atoms with van der Waals surface area (Å²) in [6.45, 7) is 2.51. The molecule has 1 aliphatic rings. The van der Waals surface area contributed by atoms with Crippen molar-refractivity contribution in [1.29, 1.82) is 0 Å². The molecule has 3 N–H and O–H groups in total. The van der Waals surface area contributed by atoms with Gasteiger partial charge in [0.05, 0.1) is 12.5 Å². The zero-order chi connectivity index (χ0) is 15.2. The van der Waals surface area contributed by atoms with E-state index < -0.39 is 5.97 Å². The van der Waals surface area contributed by atoms with Crippen molar-refractivity contribution in [3.8, 4) is 5.75 Å². The molecular weight excluding hydrogens is 272 g/mol. The number of aliphatic carboxylic acids is 1. The summed E-state index contributed by atoms with van der Waals surface area (Å²) in [5.74, 6) is -0.379. The predicted molar refractivity (Wildman–Crippen MR) is 78.5 cm³/mol. The van der Waals surface area contributed by atoms with Crippen LogP contribution in [0.4, 0.5) is 10.5 Å². The first-order valence-electron chi connectivity index (χ1n) is 7.11. The van der Waals surface area contributed by atoms with Crippen molar-refractivity contribution >= 4 is 17.7 Å². The van der Waals surface area contributed by atoms with Crippen molar-refractivity contribution in [2.45, 2.75) is 32.2 Å². The number of anilines is 1. The van der Waals surface area contributed by atoms with Crippen LogP contribution in [-0.4, -0.2) is 29.8 Å². The van der Waals surface area contributed by atoms with Gasteiger partial charge in [-0.3, -0.25) is 4.79 Å². The third kappa shape index (κ3) is 4.37. The summed E-state index contributed by atoms with van der Waals surface area (Å²) in [6, 6.07) is 6.71. The molecule has 1 aliphatic carbocycles. The Hall–Kier alpha value is -2.24. The molecule has 0 radical (unpaired) electrons.